The molecule has 1 aliphatic heterocycles. The van der Waals surface area contributed by atoms with Crippen LogP contribution in [0.25, 0.3) is 0 Å². The van der Waals surface area contributed by atoms with E-state index in [9.17, 15) is 4.79 Å². The van der Waals surface area contributed by atoms with Crippen LogP contribution in [0.1, 0.15) is 33.6 Å². The molecule has 1 saturated heterocycles. The smallest absolute Gasteiger partial charge is 0.305 e. The zero-order chi connectivity index (χ0) is 10.7. The Morgan fingerprint density at radius 3 is 2.71 bits per heavy atom. The third kappa shape index (κ3) is 2.71. The Hall–Kier alpha value is -0.570. The SMILES string of the molecule is CCC(=O)O[C@@H]1C[C@H](C)N(C)C[C@H]1C. The lowest BCUT2D eigenvalue weighted by molar-refractivity contribution is -0.155. The zero-order valence-corrected chi connectivity index (χ0v) is 9.62. The second kappa shape index (κ2) is 4.78. The van der Waals surface area contributed by atoms with E-state index in [1.54, 1.807) is 0 Å². The summed E-state index contributed by atoms with van der Waals surface area (Å²) in [6, 6.07) is 0.515. The van der Waals surface area contributed by atoms with Gasteiger partial charge >= 0.3 is 5.97 Å². The van der Waals surface area contributed by atoms with E-state index in [4.69, 9.17) is 4.74 Å². The van der Waals surface area contributed by atoms with Crippen LogP contribution in [-0.4, -0.2) is 36.6 Å². The van der Waals surface area contributed by atoms with Crippen molar-refractivity contribution in [3.8, 4) is 0 Å². The molecular weight excluding hydrogens is 178 g/mol. The van der Waals surface area contributed by atoms with Gasteiger partial charge in [-0.05, 0) is 20.4 Å². The van der Waals surface area contributed by atoms with Crippen molar-refractivity contribution in [3.63, 3.8) is 0 Å². The van der Waals surface area contributed by atoms with Gasteiger partial charge in [-0.15, -0.1) is 0 Å². The quantitative estimate of drug-likeness (QED) is 0.634. The average Bonchev–Trinajstić information content (AvgIpc) is 2.14. The van der Waals surface area contributed by atoms with Crippen molar-refractivity contribution in [2.75, 3.05) is 13.6 Å². The summed E-state index contributed by atoms with van der Waals surface area (Å²) < 4.78 is 5.41. The van der Waals surface area contributed by atoms with Crippen LogP contribution in [0, 0.1) is 5.92 Å². The number of carbonyl (C=O) groups excluding carboxylic acids is 1. The lowest BCUT2D eigenvalue weighted by Gasteiger charge is -2.38. The number of carbonyl (C=O) groups is 1. The van der Waals surface area contributed by atoms with Crippen molar-refractivity contribution in [1.29, 1.82) is 0 Å². The minimum Gasteiger partial charge on any atom is -0.462 e. The van der Waals surface area contributed by atoms with Crippen LogP contribution in [0.5, 0.6) is 0 Å². The fourth-order valence-corrected chi connectivity index (χ4v) is 1.92. The lowest BCUT2D eigenvalue weighted by atomic mass is 9.92. The molecule has 3 atom stereocenters. The first-order chi connectivity index (χ1) is 6.54. The van der Waals surface area contributed by atoms with E-state index in [1.165, 1.54) is 0 Å². The maximum absolute atomic E-state index is 11.2. The molecule has 0 aromatic carbocycles. The molecule has 0 aliphatic carbocycles. The molecule has 0 radical (unpaired) electrons. The molecule has 14 heavy (non-hydrogen) atoms. The summed E-state index contributed by atoms with van der Waals surface area (Å²) in [5.74, 6) is 0.380. The van der Waals surface area contributed by atoms with E-state index in [0.29, 0.717) is 18.4 Å². The van der Waals surface area contributed by atoms with Gasteiger partial charge in [-0.2, -0.15) is 0 Å². The molecule has 0 spiro atoms. The van der Waals surface area contributed by atoms with Gasteiger partial charge in [0.2, 0.25) is 0 Å². The summed E-state index contributed by atoms with van der Waals surface area (Å²) in [5.41, 5.74) is 0. The van der Waals surface area contributed by atoms with Crippen LogP contribution >= 0.6 is 0 Å². The van der Waals surface area contributed by atoms with Gasteiger partial charge in [0.1, 0.15) is 6.10 Å². The van der Waals surface area contributed by atoms with Gasteiger partial charge in [-0.3, -0.25) is 4.79 Å². The summed E-state index contributed by atoms with van der Waals surface area (Å²) >= 11 is 0. The van der Waals surface area contributed by atoms with Crippen LogP contribution in [0.15, 0.2) is 0 Å². The summed E-state index contributed by atoms with van der Waals surface area (Å²) in [4.78, 5) is 13.5. The molecule has 0 aromatic heterocycles. The maximum Gasteiger partial charge on any atom is 0.305 e. The van der Waals surface area contributed by atoms with Gasteiger partial charge in [0.25, 0.3) is 0 Å². The molecule has 0 aromatic rings. The molecule has 1 aliphatic rings. The molecule has 0 unspecified atom stereocenters. The first-order valence-corrected chi connectivity index (χ1v) is 5.44. The third-order valence-electron chi connectivity index (χ3n) is 3.11. The Morgan fingerprint density at radius 1 is 1.50 bits per heavy atom. The minimum absolute atomic E-state index is 0.0707. The summed E-state index contributed by atoms with van der Waals surface area (Å²) in [6.45, 7) is 7.18. The minimum atomic E-state index is -0.0707. The standard InChI is InChI=1S/C11H21NO2/c1-5-11(13)14-10-6-9(3)12(4)7-8(10)2/h8-10H,5-7H2,1-4H3/t8-,9+,10-/m1/s1. The van der Waals surface area contributed by atoms with E-state index in [0.717, 1.165) is 13.0 Å². The average molecular weight is 199 g/mol. The second-order valence-electron chi connectivity index (χ2n) is 4.38. The highest BCUT2D eigenvalue weighted by atomic mass is 16.5. The molecule has 82 valence electrons. The van der Waals surface area contributed by atoms with E-state index >= 15 is 0 Å². The van der Waals surface area contributed by atoms with E-state index in [1.807, 2.05) is 6.92 Å². The highest BCUT2D eigenvalue weighted by molar-refractivity contribution is 5.69. The first kappa shape index (κ1) is 11.5. The van der Waals surface area contributed by atoms with Crippen molar-refractivity contribution in [3.05, 3.63) is 0 Å². The molecule has 0 N–H and O–H groups in total. The molecule has 1 fully saturated rings. The van der Waals surface area contributed by atoms with Crippen LogP contribution in [0.3, 0.4) is 0 Å². The van der Waals surface area contributed by atoms with Crippen LogP contribution < -0.4 is 0 Å². The second-order valence-corrected chi connectivity index (χ2v) is 4.38. The Bertz CT molecular complexity index is 205. The van der Waals surface area contributed by atoms with Gasteiger partial charge in [-0.1, -0.05) is 13.8 Å². The number of hydrogen-bond donors (Lipinski definition) is 0. The van der Waals surface area contributed by atoms with Crippen LogP contribution in [0.4, 0.5) is 0 Å². The molecule has 3 heteroatoms. The van der Waals surface area contributed by atoms with Gasteiger partial charge in [0.15, 0.2) is 0 Å². The first-order valence-electron chi connectivity index (χ1n) is 5.44. The monoisotopic (exact) mass is 199 g/mol. The Kier molecular flexibility index (Phi) is 3.93. The van der Waals surface area contributed by atoms with Crippen molar-refractivity contribution in [2.24, 2.45) is 5.92 Å². The van der Waals surface area contributed by atoms with Gasteiger partial charge in [-0.25, -0.2) is 0 Å². The van der Waals surface area contributed by atoms with Gasteiger partial charge in [0, 0.05) is 24.9 Å². The summed E-state index contributed by atoms with van der Waals surface area (Å²) in [5, 5.41) is 0. The van der Waals surface area contributed by atoms with E-state index in [-0.39, 0.29) is 12.1 Å². The molecule has 3 nitrogen and oxygen atoms in total. The predicted molar refractivity (Wildman–Crippen MR) is 56.0 cm³/mol. The highest BCUT2D eigenvalue weighted by Gasteiger charge is 2.31. The number of rotatable bonds is 2. The fourth-order valence-electron chi connectivity index (χ4n) is 1.92. The largest absolute Gasteiger partial charge is 0.462 e. The molecule has 1 heterocycles. The zero-order valence-electron chi connectivity index (χ0n) is 9.62. The van der Waals surface area contributed by atoms with Gasteiger partial charge in [0.05, 0.1) is 0 Å². The number of esters is 1. The van der Waals surface area contributed by atoms with Crippen LogP contribution in [-0.2, 0) is 9.53 Å². The summed E-state index contributed by atoms with van der Waals surface area (Å²) in [6.07, 6.45) is 1.56. The molecule has 1 rings (SSSR count). The molecular formula is C11H21NO2. The van der Waals surface area contributed by atoms with Crippen LogP contribution in [0.2, 0.25) is 0 Å². The third-order valence-corrected chi connectivity index (χ3v) is 3.11. The number of ether oxygens (including phenoxy) is 1. The lowest BCUT2D eigenvalue weighted by Crippen LogP contribution is -2.46. The maximum atomic E-state index is 11.2. The van der Waals surface area contributed by atoms with Gasteiger partial charge < -0.3 is 9.64 Å². The number of nitrogens with zero attached hydrogens (tertiary/aromatic N) is 1. The van der Waals surface area contributed by atoms with Crippen molar-refractivity contribution < 1.29 is 9.53 Å². The van der Waals surface area contributed by atoms with Crippen molar-refractivity contribution in [1.82, 2.24) is 4.90 Å². The molecule has 0 bridgehead atoms. The Morgan fingerprint density at radius 2 is 2.14 bits per heavy atom. The molecule has 0 amide bonds. The fraction of sp³-hybridized carbons (Fsp3) is 0.909. The predicted octanol–water partition coefficient (Wildman–Crippen LogP) is 1.67. The number of piperidine rings is 1. The van der Waals surface area contributed by atoms with E-state index in [2.05, 4.69) is 25.8 Å². The normalized spacial score (nSPS) is 34.1. The topological polar surface area (TPSA) is 29.5 Å². The molecule has 0 saturated carbocycles. The number of likely N-dealkylation sites (tertiary alicyclic amines) is 1. The Balaban J connectivity index is 2.48. The summed E-state index contributed by atoms with van der Waals surface area (Å²) in [7, 11) is 2.12. The van der Waals surface area contributed by atoms with E-state index < -0.39 is 0 Å². The Labute approximate surface area is 86.4 Å². The highest BCUT2D eigenvalue weighted by Crippen LogP contribution is 2.23. The number of hydrogen-bond acceptors (Lipinski definition) is 3. The van der Waals surface area contributed by atoms with Crippen molar-refractivity contribution >= 4 is 5.97 Å². The van der Waals surface area contributed by atoms with Crippen molar-refractivity contribution in [2.45, 2.75) is 45.8 Å².